The number of nitrogens with zero attached hydrogens (tertiary/aromatic N) is 9. The molecule has 6 rings (SSSR count). The number of nitrogens with one attached hydrogen (secondary N) is 1. The van der Waals surface area contributed by atoms with E-state index in [0.29, 0.717) is 31.1 Å². The lowest BCUT2D eigenvalue weighted by Crippen LogP contribution is -2.57. The Morgan fingerprint density at radius 3 is 2.60 bits per heavy atom. The maximum atomic E-state index is 13.5. The molecule has 1 N–H and O–H groups in total. The summed E-state index contributed by atoms with van der Waals surface area (Å²) >= 11 is 0. The summed E-state index contributed by atoms with van der Waals surface area (Å²) in [5.74, 6) is -0.0978. The van der Waals surface area contributed by atoms with Gasteiger partial charge in [-0.3, -0.25) is 18.7 Å². The molecule has 40 heavy (non-hydrogen) atoms. The summed E-state index contributed by atoms with van der Waals surface area (Å²) in [7, 11) is 2.06. The first-order chi connectivity index (χ1) is 19.4. The molecule has 3 saturated heterocycles. The van der Waals surface area contributed by atoms with Crippen molar-refractivity contribution in [3.8, 4) is 0 Å². The number of likely N-dealkylation sites (N-methyl/N-ethyl adjacent to an activating group) is 1. The first-order valence-electron chi connectivity index (χ1n) is 14.2. The van der Waals surface area contributed by atoms with Crippen molar-refractivity contribution in [3.63, 3.8) is 0 Å². The fourth-order valence-electron chi connectivity index (χ4n) is 6.15. The van der Waals surface area contributed by atoms with E-state index in [4.69, 9.17) is 4.98 Å². The zero-order chi connectivity index (χ0) is 27.8. The van der Waals surface area contributed by atoms with Crippen molar-refractivity contribution in [2.45, 2.75) is 44.8 Å². The highest BCUT2D eigenvalue weighted by atomic mass is 19.1. The van der Waals surface area contributed by atoms with E-state index in [9.17, 15) is 14.0 Å². The number of hydrogen-bond donors (Lipinski definition) is 1. The zero-order valence-corrected chi connectivity index (χ0v) is 23.1. The molecule has 3 fully saturated rings. The minimum absolute atomic E-state index is 0.0462. The maximum absolute atomic E-state index is 13.5. The summed E-state index contributed by atoms with van der Waals surface area (Å²) in [6, 6.07) is 4.13. The number of carbonyl (C=O) groups excluding carboxylic acids is 2. The van der Waals surface area contributed by atoms with Crippen LogP contribution in [0.15, 0.2) is 30.7 Å². The number of alkyl halides is 1. The van der Waals surface area contributed by atoms with E-state index in [1.165, 1.54) is 0 Å². The predicted molar refractivity (Wildman–Crippen MR) is 148 cm³/mol. The van der Waals surface area contributed by atoms with Crippen LogP contribution in [0.2, 0.25) is 0 Å². The summed E-state index contributed by atoms with van der Waals surface area (Å²) in [5.41, 5.74) is 2.38. The van der Waals surface area contributed by atoms with Crippen molar-refractivity contribution < 1.29 is 14.0 Å². The van der Waals surface area contributed by atoms with Gasteiger partial charge in [0.15, 0.2) is 5.65 Å². The van der Waals surface area contributed by atoms with E-state index in [-0.39, 0.29) is 30.4 Å². The molecule has 0 radical (unpaired) electrons. The standard InChI is InChI=1S/C27H37FN10O2/c1-3-19(13-28)26(40)38-21-6-7-22(38)17-35(16-21)23-5-4-8-37-25(23)31-27(32-37)30-20-14-29-36(15-20)18-24(39)34-11-9-33(2)10-12-34/h4-5,8,14-15,19,21-22H,3,6-7,9-13,16-18H2,1-2H3,(H,30,32). The molecule has 13 heteroatoms. The van der Waals surface area contributed by atoms with Crippen LogP contribution in [0.3, 0.4) is 0 Å². The molecular weight excluding hydrogens is 515 g/mol. The van der Waals surface area contributed by atoms with Crippen molar-refractivity contribution in [1.82, 2.24) is 39.1 Å². The first-order valence-corrected chi connectivity index (χ1v) is 14.2. The van der Waals surface area contributed by atoms with Gasteiger partial charge in [-0.25, -0.2) is 4.52 Å². The number of aromatic nitrogens is 5. The molecule has 3 aliphatic heterocycles. The summed E-state index contributed by atoms with van der Waals surface area (Å²) in [4.78, 5) is 38.8. The number of piperazine rings is 2. The van der Waals surface area contributed by atoms with Gasteiger partial charge in [0.2, 0.25) is 17.8 Å². The predicted octanol–water partition coefficient (Wildman–Crippen LogP) is 1.62. The summed E-state index contributed by atoms with van der Waals surface area (Å²) in [5, 5.41) is 12.2. The third kappa shape index (κ3) is 5.09. The Labute approximate surface area is 232 Å². The first kappa shape index (κ1) is 26.5. The van der Waals surface area contributed by atoms with E-state index in [1.807, 2.05) is 35.1 Å². The van der Waals surface area contributed by atoms with Gasteiger partial charge in [-0.05, 0) is 38.4 Å². The van der Waals surface area contributed by atoms with Gasteiger partial charge in [-0.2, -0.15) is 10.1 Å². The number of fused-ring (bicyclic) bond motifs is 3. The van der Waals surface area contributed by atoms with Crippen LogP contribution >= 0.6 is 0 Å². The lowest BCUT2D eigenvalue weighted by molar-refractivity contribution is -0.139. The van der Waals surface area contributed by atoms with Gasteiger partial charge in [0.25, 0.3) is 0 Å². The Morgan fingerprint density at radius 1 is 1.15 bits per heavy atom. The Hall–Kier alpha value is -3.74. The number of pyridine rings is 1. The highest BCUT2D eigenvalue weighted by Gasteiger charge is 2.44. The van der Waals surface area contributed by atoms with Crippen molar-refractivity contribution in [2.24, 2.45) is 5.92 Å². The molecule has 0 spiro atoms. The molecular formula is C27H37FN10O2. The normalized spacial score (nSPS) is 22.2. The van der Waals surface area contributed by atoms with Crippen molar-refractivity contribution in [1.29, 1.82) is 0 Å². The molecule has 2 bridgehead atoms. The van der Waals surface area contributed by atoms with Crippen LogP contribution in [-0.2, 0) is 16.1 Å². The van der Waals surface area contributed by atoms with Gasteiger partial charge >= 0.3 is 0 Å². The van der Waals surface area contributed by atoms with Gasteiger partial charge in [0.1, 0.15) is 13.2 Å². The van der Waals surface area contributed by atoms with E-state index >= 15 is 0 Å². The van der Waals surface area contributed by atoms with Gasteiger partial charge < -0.3 is 24.9 Å². The van der Waals surface area contributed by atoms with Gasteiger partial charge in [0.05, 0.1) is 23.5 Å². The summed E-state index contributed by atoms with van der Waals surface area (Å²) < 4.78 is 16.8. The van der Waals surface area contributed by atoms with Crippen LogP contribution in [0, 0.1) is 5.92 Å². The number of anilines is 3. The number of halogens is 1. The SMILES string of the molecule is CCC(CF)C(=O)N1C2CCC1CN(c1cccn3nc(Nc4cnn(CC(=O)N5CCN(C)CC5)c4)nc13)C2. The van der Waals surface area contributed by atoms with Crippen LogP contribution in [0.25, 0.3) is 5.65 Å². The molecule has 214 valence electrons. The minimum Gasteiger partial charge on any atom is -0.364 e. The topological polar surface area (TPSA) is 107 Å². The van der Waals surface area contributed by atoms with Crippen molar-refractivity contribution in [3.05, 3.63) is 30.7 Å². The maximum Gasteiger partial charge on any atom is 0.247 e. The molecule has 3 atom stereocenters. The highest BCUT2D eigenvalue weighted by Crippen LogP contribution is 2.35. The van der Waals surface area contributed by atoms with E-state index in [0.717, 1.165) is 50.4 Å². The summed E-state index contributed by atoms with van der Waals surface area (Å²) in [6.07, 6.45) is 7.69. The van der Waals surface area contributed by atoms with Crippen molar-refractivity contribution in [2.75, 3.05) is 63.2 Å². The number of amides is 2. The van der Waals surface area contributed by atoms with Crippen LogP contribution in [0.5, 0.6) is 0 Å². The lowest BCUT2D eigenvalue weighted by atomic mass is 10.0. The second-order valence-corrected chi connectivity index (χ2v) is 11.1. The Morgan fingerprint density at radius 2 is 1.90 bits per heavy atom. The Kier molecular flexibility index (Phi) is 7.30. The molecule has 3 aliphatic rings. The molecule has 2 amide bonds. The fraction of sp³-hybridized carbons (Fsp3) is 0.593. The molecule has 3 aromatic heterocycles. The molecule has 3 aromatic rings. The van der Waals surface area contributed by atoms with Gasteiger partial charge in [-0.15, -0.1) is 5.10 Å². The van der Waals surface area contributed by atoms with Gasteiger partial charge in [0, 0.05) is 63.7 Å². The lowest BCUT2D eigenvalue weighted by Gasteiger charge is -2.43. The average Bonchev–Trinajstić information content (AvgIpc) is 3.64. The van der Waals surface area contributed by atoms with Crippen molar-refractivity contribution >= 4 is 34.8 Å². The molecule has 6 heterocycles. The second kappa shape index (κ2) is 11.0. The zero-order valence-electron chi connectivity index (χ0n) is 23.1. The third-order valence-corrected chi connectivity index (χ3v) is 8.49. The number of rotatable bonds is 8. The quantitative estimate of drug-likeness (QED) is 0.450. The average molecular weight is 553 g/mol. The molecule has 12 nitrogen and oxygen atoms in total. The Balaban J connectivity index is 1.13. The van der Waals surface area contributed by atoms with E-state index < -0.39 is 12.6 Å². The van der Waals surface area contributed by atoms with E-state index in [2.05, 4.69) is 32.4 Å². The van der Waals surface area contributed by atoms with Crippen LogP contribution < -0.4 is 10.2 Å². The molecule has 0 aliphatic carbocycles. The van der Waals surface area contributed by atoms with Gasteiger partial charge in [-0.1, -0.05) is 6.92 Å². The molecule has 3 unspecified atom stereocenters. The van der Waals surface area contributed by atoms with Crippen LogP contribution in [-0.4, -0.2) is 116 Å². The summed E-state index contributed by atoms with van der Waals surface area (Å²) in [6.45, 7) is 6.07. The fourth-order valence-corrected chi connectivity index (χ4v) is 6.15. The third-order valence-electron chi connectivity index (χ3n) is 8.49. The minimum atomic E-state index is -0.602. The monoisotopic (exact) mass is 552 g/mol. The van der Waals surface area contributed by atoms with Crippen LogP contribution in [0.4, 0.5) is 21.7 Å². The molecule has 0 saturated carbocycles. The highest BCUT2D eigenvalue weighted by molar-refractivity contribution is 5.81. The van der Waals surface area contributed by atoms with Crippen LogP contribution in [0.1, 0.15) is 26.2 Å². The van der Waals surface area contributed by atoms with E-state index in [1.54, 1.807) is 21.6 Å². The Bertz CT molecular complexity index is 1350. The second-order valence-electron chi connectivity index (χ2n) is 11.1. The smallest absolute Gasteiger partial charge is 0.247 e. The molecule has 0 aromatic carbocycles. The largest absolute Gasteiger partial charge is 0.364 e. The number of hydrogen-bond acceptors (Lipinski definition) is 8. The number of carbonyl (C=O) groups is 2.